The number of aromatic nitrogens is 2. The number of carbonyl (C=O) groups is 1. The van der Waals surface area contributed by atoms with Crippen LogP contribution >= 0.6 is 0 Å². The fourth-order valence-corrected chi connectivity index (χ4v) is 2.21. The number of fused-ring (bicyclic) bond motifs is 1. The molecule has 0 N–H and O–H groups in total. The summed E-state index contributed by atoms with van der Waals surface area (Å²) in [5.74, 6) is -0.450. The van der Waals surface area contributed by atoms with E-state index in [1.54, 1.807) is 12.3 Å². The van der Waals surface area contributed by atoms with E-state index in [0.29, 0.717) is 5.69 Å². The van der Waals surface area contributed by atoms with Gasteiger partial charge in [-0.2, -0.15) is 0 Å². The van der Waals surface area contributed by atoms with Gasteiger partial charge in [-0.1, -0.05) is 30.3 Å². The molecule has 0 amide bonds. The minimum absolute atomic E-state index is 0.286. The number of nitrogens with zero attached hydrogens (tertiary/aromatic N) is 2. The molecule has 104 valence electrons. The zero-order valence-electron chi connectivity index (χ0n) is 11.8. The third-order valence-electron chi connectivity index (χ3n) is 3.29. The second kappa shape index (κ2) is 5.32. The van der Waals surface area contributed by atoms with Crippen molar-refractivity contribution in [3.8, 4) is 11.4 Å². The maximum absolute atomic E-state index is 11.8. The number of benzene rings is 1. The summed E-state index contributed by atoms with van der Waals surface area (Å²) < 4.78 is 4.77. The first-order valence-electron chi connectivity index (χ1n) is 6.60. The Morgan fingerprint density at radius 1 is 1.14 bits per heavy atom. The molecule has 3 aromatic rings. The Morgan fingerprint density at radius 2 is 1.95 bits per heavy atom. The zero-order valence-corrected chi connectivity index (χ0v) is 11.8. The molecule has 4 heteroatoms. The molecule has 0 saturated carbocycles. The molecule has 0 radical (unpaired) electrons. The van der Waals surface area contributed by atoms with Gasteiger partial charge in [0.05, 0.1) is 18.5 Å². The van der Waals surface area contributed by atoms with Gasteiger partial charge in [-0.05, 0) is 30.0 Å². The minimum atomic E-state index is -0.450. The van der Waals surface area contributed by atoms with Crippen molar-refractivity contribution in [3.63, 3.8) is 0 Å². The molecule has 2 aromatic heterocycles. The van der Waals surface area contributed by atoms with Crippen LogP contribution in [0.4, 0.5) is 0 Å². The van der Waals surface area contributed by atoms with Gasteiger partial charge in [0.1, 0.15) is 5.69 Å². The Balaban J connectivity index is 2.28. The lowest BCUT2D eigenvalue weighted by molar-refractivity contribution is 0.0594. The summed E-state index contributed by atoms with van der Waals surface area (Å²) in [5.41, 5.74) is 2.79. The maximum Gasteiger partial charge on any atom is 0.356 e. The first-order chi connectivity index (χ1) is 10.2. The predicted molar refractivity (Wildman–Crippen MR) is 81.1 cm³/mol. The van der Waals surface area contributed by atoms with Gasteiger partial charge < -0.3 is 4.74 Å². The number of methoxy groups -OCH3 is 1. The van der Waals surface area contributed by atoms with Gasteiger partial charge in [0, 0.05) is 11.6 Å². The molecule has 0 aliphatic rings. The number of hydrogen-bond acceptors (Lipinski definition) is 4. The Kier molecular flexibility index (Phi) is 3.36. The van der Waals surface area contributed by atoms with E-state index in [-0.39, 0.29) is 5.69 Å². The minimum Gasteiger partial charge on any atom is -0.464 e. The lowest BCUT2D eigenvalue weighted by atomic mass is 10.1. The largest absolute Gasteiger partial charge is 0.464 e. The van der Waals surface area contributed by atoms with Crippen molar-refractivity contribution >= 4 is 16.7 Å². The summed E-state index contributed by atoms with van der Waals surface area (Å²) in [5, 5.41) is 1.90. The Hall–Kier alpha value is -2.75. The van der Waals surface area contributed by atoms with Gasteiger partial charge in [0.25, 0.3) is 0 Å². The molecule has 0 spiro atoms. The van der Waals surface area contributed by atoms with Crippen molar-refractivity contribution in [2.45, 2.75) is 6.92 Å². The number of ether oxygens (including phenoxy) is 1. The first-order valence-corrected chi connectivity index (χ1v) is 6.60. The highest BCUT2D eigenvalue weighted by Crippen LogP contribution is 2.26. The van der Waals surface area contributed by atoms with E-state index in [0.717, 1.165) is 22.0 Å². The van der Waals surface area contributed by atoms with Crippen molar-refractivity contribution in [2.24, 2.45) is 0 Å². The van der Waals surface area contributed by atoms with Gasteiger partial charge in [-0.25, -0.2) is 9.78 Å². The van der Waals surface area contributed by atoms with Gasteiger partial charge in [0.15, 0.2) is 0 Å². The van der Waals surface area contributed by atoms with E-state index in [2.05, 4.69) is 9.97 Å². The van der Waals surface area contributed by atoms with Gasteiger partial charge in [-0.3, -0.25) is 4.98 Å². The van der Waals surface area contributed by atoms with Gasteiger partial charge in [0.2, 0.25) is 0 Å². The second-order valence-corrected chi connectivity index (χ2v) is 4.79. The van der Waals surface area contributed by atoms with E-state index in [1.165, 1.54) is 7.11 Å². The molecule has 0 fully saturated rings. The van der Waals surface area contributed by atoms with Crippen LogP contribution in [-0.2, 0) is 4.74 Å². The van der Waals surface area contributed by atoms with Crippen LogP contribution in [0.3, 0.4) is 0 Å². The number of rotatable bonds is 2. The topological polar surface area (TPSA) is 52.1 Å². The SMILES string of the molecule is COC(=O)c1cc2ccccc2c(-c2ccc(C)cn2)n1. The quantitative estimate of drug-likeness (QED) is 0.674. The molecule has 21 heavy (non-hydrogen) atoms. The van der Waals surface area contributed by atoms with E-state index in [4.69, 9.17) is 4.74 Å². The molecule has 0 unspecified atom stereocenters. The normalized spacial score (nSPS) is 10.6. The molecule has 0 saturated heterocycles. The summed E-state index contributed by atoms with van der Waals surface area (Å²) in [7, 11) is 1.35. The van der Waals surface area contributed by atoms with Crippen LogP contribution in [0.5, 0.6) is 0 Å². The van der Waals surface area contributed by atoms with Crippen molar-refractivity contribution in [1.82, 2.24) is 9.97 Å². The molecule has 4 nitrogen and oxygen atoms in total. The molecular weight excluding hydrogens is 264 g/mol. The molecule has 0 aliphatic carbocycles. The Bertz CT molecular complexity index is 811. The van der Waals surface area contributed by atoms with E-state index in [1.807, 2.05) is 43.3 Å². The van der Waals surface area contributed by atoms with Crippen LogP contribution in [0.15, 0.2) is 48.7 Å². The third kappa shape index (κ3) is 2.48. The van der Waals surface area contributed by atoms with Crippen LogP contribution < -0.4 is 0 Å². The smallest absolute Gasteiger partial charge is 0.356 e. The molecule has 1 aromatic carbocycles. The van der Waals surface area contributed by atoms with Crippen LogP contribution in [0, 0.1) is 6.92 Å². The first kappa shape index (κ1) is 13.2. The highest BCUT2D eigenvalue weighted by atomic mass is 16.5. The van der Waals surface area contributed by atoms with Crippen LogP contribution in [0.25, 0.3) is 22.2 Å². The number of carbonyl (C=O) groups excluding carboxylic acids is 1. The van der Waals surface area contributed by atoms with Crippen LogP contribution in [0.1, 0.15) is 16.1 Å². The maximum atomic E-state index is 11.8. The standard InChI is InChI=1S/C17H14N2O2/c1-11-7-8-14(18-10-11)16-13-6-4-3-5-12(13)9-15(19-16)17(20)21-2/h3-10H,1-2H3. The summed E-state index contributed by atoms with van der Waals surface area (Å²) in [6.45, 7) is 1.98. The highest BCUT2D eigenvalue weighted by Gasteiger charge is 2.14. The molecule has 3 rings (SSSR count). The van der Waals surface area contributed by atoms with Crippen LogP contribution in [-0.4, -0.2) is 23.0 Å². The van der Waals surface area contributed by atoms with E-state index in [9.17, 15) is 4.79 Å². The van der Waals surface area contributed by atoms with E-state index < -0.39 is 5.97 Å². The summed E-state index contributed by atoms with van der Waals surface area (Å²) in [6.07, 6.45) is 1.79. The molecule has 0 atom stereocenters. The predicted octanol–water partition coefficient (Wildman–Crippen LogP) is 3.39. The van der Waals surface area contributed by atoms with Gasteiger partial charge >= 0.3 is 5.97 Å². The number of pyridine rings is 2. The number of esters is 1. The van der Waals surface area contributed by atoms with Crippen molar-refractivity contribution in [3.05, 3.63) is 59.9 Å². The number of hydrogen-bond donors (Lipinski definition) is 0. The third-order valence-corrected chi connectivity index (χ3v) is 3.29. The zero-order chi connectivity index (χ0) is 14.8. The van der Waals surface area contributed by atoms with Crippen LogP contribution in [0.2, 0.25) is 0 Å². The lowest BCUT2D eigenvalue weighted by Crippen LogP contribution is -2.05. The van der Waals surface area contributed by atoms with Crippen molar-refractivity contribution in [1.29, 1.82) is 0 Å². The molecule has 0 aliphatic heterocycles. The Morgan fingerprint density at radius 3 is 2.67 bits per heavy atom. The average molecular weight is 278 g/mol. The van der Waals surface area contributed by atoms with Gasteiger partial charge in [-0.15, -0.1) is 0 Å². The fraction of sp³-hybridized carbons (Fsp3) is 0.118. The second-order valence-electron chi connectivity index (χ2n) is 4.79. The lowest BCUT2D eigenvalue weighted by Gasteiger charge is -2.08. The highest BCUT2D eigenvalue weighted by molar-refractivity contribution is 5.99. The fourth-order valence-electron chi connectivity index (χ4n) is 2.21. The molecule has 0 bridgehead atoms. The molecular formula is C17H14N2O2. The monoisotopic (exact) mass is 278 g/mol. The summed E-state index contributed by atoms with van der Waals surface area (Å²) >= 11 is 0. The summed E-state index contributed by atoms with van der Waals surface area (Å²) in [4.78, 5) is 20.6. The molecule has 2 heterocycles. The average Bonchev–Trinajstić information content (AvgIpc) is 2.54. The van der Waals surface area contributed by atoms with E-state index >= 15 is 0 Å². The van der Waals surface area contributed by atoms with Crippen molar-refractivity contribution < 1.29 is 9.53 Å². The van der Waals surface area contributed by atoms with Crippen molar-refractivity contribution in [2.75, 3.05) is 7.11 Å². The Labute approximate surface area is 122 Å². The summed E-state index contributed by atoms with van der Waals surface area (Å²) in [6, 6.07) is 13.4. The number of aryl methyl sites for hydroxylation is 1.